The minimum absolute atomic E-state index is 0.347. The van der Waals surface area contributed by atoms with Crippen LogP contribution in [-0.4, -0.2) is 17.9 Å². The van der Waals surface area contributed by atoms with Crippen molar-refractivity contribution in [2.45, 2.75) is 39.2 Å². The van der Waals surface area contributed by atoms with Gasteiger partial charge >= 0.3 is 0 Å². The van der Waals surface area contributed by atoms with Gasteiger partial charge in [-0.1, -0.05) is 17.7 Å². The Balaban J connectivity index is 1.76. The van der Waals surface area contributed by atoms with Gasteiger partial charge in [-0.2, -0.15) is 0 Å². The third kappa shape index (κ3) is 3.65. The van der Waals surface area contributed by atoms with Crippen molar-refractivity contribution in [2.75, 3.05) is 5.32 Å². The van der Waals surface area contributed by atoms with Crippen molar-refractivity contribution in [1.82, 2.24) is 0 Å². The second kappa shape index (κ2) is 7.06. The molecule has 0 saturated carbocycles. The fourth-order valence-corrected chi connectivity index (χ4v) is 4.37. The number of hydrogen-bond donors (Lipinski definition) is 2. The van der Waals surface area contributed by atoms with Crippen molar-refractivity contribution in [1.29, 1.82) is 0 Å². The normalized spacial score (nSPS) is 14.0. The lowest BCUT2D eigenvalue weighted by molar-refractivity contribution is -0.122. The first-order valence-corrected chi connectivity index (χ1v) is 9.24. The molecule has 1 aliphatic carbocycles. The standard InChI is InChI=1S/C18H19ClN2O3S/c1-9-6-7-12(19)13(8-9)24-10(2)17(23)21-18-15(16(20)22)11-4-3-5-14(11)25-18/h6-8,10H,3-5H2,1-2H3,(H2,20,22)(H,21,23)/t10-/m1/s1. The van der Waals surface area contributed by atoms with E-state index in [1.54, 1.807) is 19.1 Å². The van der Waals surface area contributed by atoms with Gasteiger partial charge in [-0.3, -0.25) is 9.59 Å². The summed E-state index contributed by atoms with van der Waals surface area (Å²) in [5.41, 5.74) is 7.91. The molecule has 1 aromatic heterocycles. The summed E-state index contributed by atoms with van der Waals surface area (Å²) in [4.78, 5) is 25.4. The fraction of sp³-hybridized carbons (Fsp3) is 0.333. The number of rotatable bonds is 5. The number of halogens is 1. The fourth-order valence-electron chi connectivity index (χ4n) is 2.91. The highest BCUT2D eigenvalue weighted by atomic mass is 35.5. The predicted molar refractivity (Wildman–Crippen MR) is 99.8 cm³/mol. The van der Waals surface area contributed by atoms with Crippen molar-refractivity contribution in [3.05, 3.63) is 44.8 Å². The number of nitrogens with two attached hydrogens (primary N) is 1. The summed E-state index contributed by atoms with van der Waals surface area (Å²) in [7, 11) is 0. The second-order valence-electron chi connectivity index (χ2n) is 6.11. The van der Waals surface area contributed by atoms with E-state index in [1.807, 2.05) is 13.0 Å². The number of thiophene rings is 1. The van der Waals surface area contributed by atoms with Gasteiger partial charge in [0.15, 0.2) is 6.10 Å². The number of amides is 2. The molecule has 0 bridgehead atoms. The van der Waals surface area contributed by atoms with Crippen molar-refractivity contribution >= 4 is 39.8 Å². The summed E-state index contributed by atoms with van der Waals surface area (Å²) in [6, 6.07) is 5.37. The molecule has 1 heterocycles. The van der Waals surface area contributed by atoms with Crippen LogP contribution in [0.15, 0.2) is 18.2 Å². The van der Waals surface area contributed by atoms with E-state index < -0.39 is 12.0 Å². The molecule has 0 aliphatic heterocycles. The summed E-state index contributed by atoms with van der Waals surface area (Å²) in [6.45, 7) is 3.56. The van der Waals surface area contributed by atoms with Gasteiger partial charge in [0.2, 0.25) is 0 Å². The van der Waals surface area contributed by atoms with Crippen molar-refractivity contribution in [3.8, 4) is 5.75 Å². The molecule has 25 heavy (non-hydrogen) atoms. The van der Waals surface area contributed by atoms with Gasteiger partial charge in [0.1, 0.15) is 10.8 Å². The van der Waals surface area contributed by atoms with E-state index in [2.05, 4.69) is 5.32 Å². The van der Waals surface area contributed by atoms with Crippen molar-refractivity contribution in [3.63, 3.8) is 0 Å². The SMILES string of the molecule is Cc1ccc(Cl)c(O[C@H](C)C(=O)Nc2sc3c(c2C(N)=O)CCC3)c1. The third-order valence-corrected chi connectivity index (χ3v) is 5.68. The smallest absolute Gasteiger partial charge is 0.265 e. The molecule has 5 nitrogen and oxygen atoms in total. The van der Waals surface area contributed by atoms with Gasteiger partial charge in [-0.15, -0.1) is 11.3 Å². The number of primary amides is 1. The van der Waals surface area contributed by atoms with Crippen LogP contribution in [0.1, 0.15) is 39.7 Å². The average molecular weight is 379 g/mol. The van der Waals surface area contributed by atoms with Gasteiger partial charge in [-0.25, -0.2) is 0 Å². The molecule has 1 aliphatic rings. The Bertz CT molecular complexity index is 847. The number of carbonyl (C=O) groups excluding carboxylic acids is 2. The highest BCUT2D eigenvalue weighted by Gasteiger charge is 2.27. The maximum absolute atomic E-state index is 12.5. The van der Waals surface area contributed by atoms with Crippen LogP contribution in [0.2, 0.25) is 5.02 Å². The molecular formula is C18H19ClN2O3S. The highest BCUT2D eigenvalue weighted by molar-refractivity contribution is 7.17. The maximum atomic E-state index is 12.5. The number of anilines is 1. The molecule has 132 valence electrons. The minimum atomic E-state index is -0.767. The van der Waals surface area contributed by atoms with Gasteiger partial charge in [-0.05, 0) is 56.4 Å². The van der Waals surface area contributed by atoms with E-state index in [0.717, 1.165) is 35.3 Å². The quantitative estimate of drug-likeness (QED) is 0.832. The minimum Gasteiger partial charge on any atom is -0.479 e. The zero-order valence-electron chi connectivity index (χ0n) is 14.0. The molecule has 2 aromatic rings. The highest BCUT2D eigenvalue weighted by Crippen LogP contribution is 2.39. The lowest BCUT2D eigenvalue weighted by Gasteiger charge is -2.16. The average Bonchev–Trinajstić information content (AvgIpc) is 3.10. The Labute approximate surface area is 155 Å². The van der Waals surface area contributed by atoms with Gasteiger partial charge < -0.3 is 15.8 Å². The lowest BCUT2D eigenvalue weighted by Crippen LogP contribution is -2.30. The number of aryl methyl sites for hydroxylation is 2. The first kappa shape index (κ1) is 17.8. The maximum Gasteiger partial charge on any atom is 0.265 e. The summed E-state index contributed by atoms with van der Waals surface area (Å²) < 4.78 is 5.68. The molecule has 0 radical (unpaired) electrons. The van der Waals surface area contributed by atoms with Crippen molar-refractivity contribution < 1.29 is 14.3 Å². The Morgan fingerprint density at radius 2 is 2.12 bits per heavy atom. The van der Waals surface area contributed by atoms with Gasteiger partial charge in [0, 0.05) is 4.88 Å². The predicted octanol–water partition coefficient (Wildman–Crippen LogP) is 3.70. The van der Waals surface area contributed by atoms with Gasteiger partial charge in [0.05, 0.1) is 10.6 Å². The Kier molecular flexibility index (Phi) is 5.01. The van der Waals surface area contributed by atoms with Crippen LogP contribution in [0.25, 0.3) is 0 Å². The molecule has 0 spiro atoms. The largest absolute Gasteiger partial charge is 0.479 e. The van der Waals surface area contributed by atoms with Crippen LogP contribution in [-0.2, 0) is 17.6 Å². The summed E-state index contributed by atoms with van der Waals surface area (Å²) in [6.07, 6.45) is 1.99. The van der Waals surface area contributed by atoms with E-state index in [0.29, 0.717) is 21.3 Å². The molecule has 2 amide bonds. The van der Waals surface area contributed by atoms with Crippen LogP contribution in [0.5, 0.6) is 5.75 Å². The second-order valence-corrected chi connectivity index (χ2v) is 7.62. The van der Waals surface area contributed by atoms with Crippen LogP contribution < -0.4 is 15.8 Å². The molecule has 0 saturated heterocycles. The molecular weight excluding hydrogens is 360 g/mol. The topological polar surface area (TPSA) is 81.4 Å². The molecule has 0 unspecified atom stereocenters. The number of carbonyl (C=O) groups is 2. The van der Waals surface area contributed by atoms with Crippen LogP contribution in [0.4, 0.5) is 5.00 Å². The number of ether oxygens (including phenoxy) is 1. The molecule has 7 heteroatoms. The molecule has 1 aromatic carbocycles. The van der Waals surface area contributed by atoms with Crippen molar-refractivity contribution in [2.24, 2.45) is 5.73 Å². The summed E-state index contributed by atoms with van der Waals surface area (Å²) in [5.74, 6) is -0.405. The van der Waals surface area contributed by atoms with Crippen LogP contribution in [0.3, 0.4) is 0 Å². The lowest BCUT2D eigenvalue weighted by atomic mass is 10.1. The number of benzene rings is 1. The first-order chi connectivity index (χ1) is 11.9. The van der Waals surface area contributed by atoms with Crippen LogP contribution >= 0.6 is 22.9 Å². The first-order valence-electron chi connectivity index (χ1n) is 8.05. The molecule has 3 rings (SSSR count). The monoisotopic (exact) mass is 378 g/mol. The Morgan fingerprint density at radius 1 is 1.36 bits per heavy atom. The summed E-state index contributed by atoms with van der Waals surface area (Å²) in [5, 5.41) is 3.74. The third-order valence-electron chi connectivity index (χ3n) is 4.16. The van der Waals surface area contributed by atoms with Crippen LogP contribution in [0, 0.1) is 6.92 Å². The molecule has 1 atom stereocenters. The zero-order chi connectivity index (χ0) is 18.1. The zero-order valence-corrected chi connectivity index (χ0v) is 15.6. The van der Waals surface area contributed by atoms with E-state index in [1.165, 1.54) is 11.3 Å². The number of nitrogens with one attached hydrogen (secondary N) is 1. The Hall–Kier alpha value is -2.05. The number of fused-ring (bicyclic) bond motifs is 1. The van der Waals surface area contributed by atoms with E-state index >= 15 is 0 Å². The number of hydrogen-bond acceptors (Lipinski definition) is 4. The van der Waals surface area contributed by atoms with E-state index in [-0.39, 0.29) is 5.91 Å². The molecule has 0 fully saturated rings. The molecule has 3 N–H and O–H groups in total. The van der Waals surface area contributed by atoms with E-state index in [9.17, 15) is 9.59 Å². The van der Waals surface area contributed by atoms with E-state index in [4.69, 9.17) is 22.1 Å². The summed E-state index contributed by atoms with van der Waals surface area (Å²) >= 11 is 7.53. The Morgan fingerprint density at radius 3 is 2.84 bits per heavy atom. The van der Waals surface area contributed by atoms with Gasteiger partial charge in [0.25, 0.3) is 11.8 Å².